The summed E-state index contributed by atoms with van der Waals surface area (Å²) in [5, 5.41) is 15.1. The average molecular weight is 478 g/mol. The molecule has 1 saturated carbocycles. The molecule has 7 heteroatoms. The maximum absolute atomic E-state index is 12.9. The van der Waals surface area contributed by atoms with Gasteiger partial charge in [-0.05, 0) is 64.9 Å². The predicted octanol–water partition coefficient (Wildman–Crippen LogP) is 3.92. The first-order valence-electron chi connectivity index (χ1n) is 11.6. The Bertz CT molecular complexity index is 1240. The molecule has 0 saturated heterocycles. The molecule has 0 bridgehead atoms. The van der Waals surface area contributed by atoms with E-state index in [1.165, 1.54) is 7.05 Å². The fourth-order valence-electron chi connectivity index (χ4n) is 4.92. The molecule has 1 amide bonds. The number of ketones is 1. The van der Waals surface area contributed by atoms with Crippen LogP contribution in [0.5, 0.6) is 17.2 Å². The first kappa shape index (κ1) is 24.5. The predicted molar refractivity (Wildman–Crippen MR) is 134 cm³/mol. The third-order valence-electron chi connectivity index (χ3n) is 6.88. The van der Waals surface area contributed by atoms with Gasteiger partial charge in [-0.15, -0.1) is 0 Å². The minimum Gasteiger partial charge on any atom is -0.493 e. The number of hydrogen-bond donors (Lipinski definition) is 2. The minimum absolute atomic E-state index is 0.0539. The fourth-order valence-corrected chi connectivity index (χ4v) is 4.92. The van der Waals surface area contributed by atoms with Crippen LogP contribution >= 0.6 is 0 Å². The quantitative estimate of drug-likeness (QED) is 0.511. The van der Waals surface area contributed by atoms with Gasteiger partial charge < -0.3 is 24.6 Å². The Hall–Kier alpha value is -3.58. The Morgan fingerprint density at radius 3 is 2.23 bits per heavy atom. The number of methoxy groups -OCH3 is 3. The number of carbonyl (C=O) groups is 2. The topological polar surface area (TPSA) is 94.1 Å². The molecule has 1 fully saturated rings. The second kappa shape index (κ2) is 9.96. The van der Waals surface area contributed by atoms with E-state index in [1.54, 1.807) is 21.3 Å². The summed E-state index contributed by atoms with van der Waals surface area (Å²) in [7, 11) is 6.26. The van der Waals surface area contributed by atoms with Crippen molar-refractivity contribution in [3.63, 3.8) is 0 Å². The summed E-state index contributed by atoms with van der Waals surface area (Å²) in [4.78, 5) is 24.8. The molecule has 7 nitrogen and oxygen atoms in total. The lowest BCUT2D eigenvalue weighted by molar-refractivity contribution is -0.139. The highest BCUT2D eigenvalue weighted by atomic mass is 16.5. The van der Waals surface area contributed by atoms with E-state index in [2.05, 4.69) is 11.4 Å². The number of likely N-dealkylation sites (N-methyl/N-ethyl adjacent to an activating group) is 1. The number of carbonyl (C=O) groups excluding carboxylic acids is 2. The maximum Gasteiger partial charge on any atom is 0.251 e. The number of amides is 1. The number of Topliss-reactive ketones (excluding diaryl/α,β-unsaturated/α-hetero) is 1. The number of benzene rings is 3. The van der Waals surface area contributed by atoms with E-state index in [-0.39, 0.29) is 24.5 Å². The maximum atomic E-state index is 12.9. The summed E-state index contributed by atoms with van der Waals surface area (Å²) in [6, 6.07) is 16.0. The number of nitrogens with one attached hydrogen (secondary N) is 1. The van der Waals surface area contributed by atoms with Crippen molar-refractivity contribution in [2.75, 3.05) is 28.4 Å². The molecular formula is C28H31NO6. The van der Waals surface area contributed by atoms with Gasteiger partial charge in [-0.1, -0.05) is 30.3 Å². The van der Waals surface area contributed by atoms with Crippen LogP contribution in [0.2, 0.25) is 0 Å². The highest BCUT2D eigenvalue weighted by molar-refractivity contribution is 5.91. The molecule has 0 aliphatic heterocycles. The second-order valence-electron chi connectivity index (χ2n) is 9.00. The van der Waals surface area contributed by atoms with Gasteiger partial charge >= 0.3 is 0 Å². The molecule has 2 unspecified atom stereocenters. The van der Waals surface area contributed by atoms with Gasteiger partial charge in [-0.25, -0.2) is 0 Å². The number of hydrogen-bond acceptors (Lipinski definition) is 6. The minimum atomic E-state index is -1.44. The van der Waals surface area contributed by atoms with E-state index >= 15 is 0 Å². The fraction of sp³-hybridized carbons (Fsp3) is 0.357. The van der Waals surface area contributed by atoms with Crippen LogP contribution in [-0.4, -0.2) is 50.8 Å². The van der Waals surface area contributed by atoms with Crippen LogP contribution in [0.25, 0.3) is 21.9 Å². The van der Waals surface area contributed by atoms with E-state index < -0.39 is 11.5 Å². The van der Waals surface area contributed by atoms with Gasteiger partial charge in [0.15, 0.2) is 11.5 Å². The monoisotopic (exact) mass is 477 g/mol. The molecule has 2 atom stereocenters. The zero-order valence-corrected chi connectivity index (χ0v) is 20.5. The Labute approximate surface area is 205 Å². The molecule has 2 N–H and O–H groups in total. The summed E-state index contributed by atoms with van der Waals surface area (Å²) in [5.74, 6) is 1.05. The summed E-state index contributed by atoms with van der Waals surface area (Å²) < 4.78 is 16.4. The molecule has 3 aromatic rings. The normalized spacial score (nSPS) is 19.4. The van der Waals surface area contributed by atoms with Crippen molar-refractivity contribution < 1.29 is 28.9 Å². The molecule has 3 aromatic carbocycles. The Balaban J connectivity index is 1.54. The van der Waals surface area contributed by atoms with E-state index in [0.717, 1.165) is 27.5 Å². The number of fused-ring (bicyclic) bond motifs is 1. The van der Waals surface area contributed by atoms with Gasteiger partial charge in [0.2, 0.25) is 5.75 Å². The molecule has 0 spiro atoms. The van der Waals surface area contributed by atoms with Crippen LogP contribution in [0.15, 0.2) is 48.5 Å². The Morgan fingerprint density at radius 1 is 0.943 bits per heavy atom. The van der Waals surface area contributed by atoms with Crippen LogP contribution in [0.3, 0.4) is 0 Å². The van der Waals surface area contributed by atoms with Crippen molar-refractivity contribution in [3.05, 3.63) is 54.1 Å². The van der Waals surface area contributed by atoms with Crippen LogP contribution in [0.1, 0.15) is 24.8 Å². The van der Waals surface area contributed by atoms with Crippen LogP contribution in [0, 0.1) is 5.92 Å². The third-order valence-corrected chi connectivity index (χ3v) is 6.88. The summed E-state index contributed by atoms with van der Waals surface area (Å²) in [6.45, 7) is 0. The van der Waals surface area contributed by atoms with E-state index in [0.29, 0.717) is 30.1 Å². The van der Waals surface area contributed by atoms with Gasteiger partial charge in [-0.2, -0.15) is 0 Å². The Morgan fingerprint density at radius 2 is 1.60 bits per heavy atom. The molecule has 0 radical (unpaired) electrons. The van der Waals surface area contributed by atoms with Crippen molar-refractivity contribution in [1.29, 1.82) is 0 Å². The van der Waals surface area contributed by atoms with Gasteiger partial charge in [0.1, 0.15) is 11.4 Å². The molecular weight excluding hydrogens is 446 g/mol. The summed E-state index contributed by atoms with van der Waals surface area (Å²) >= 11 is 0. The lowest BCUT2D eigenvalue weighted by Crippen LogP contribution is -2.43. The average Bonchev–Trinajstić information content (AvgIpc) is 3.30. The smallest absolute Gasteiger partial charge is 0.251 e. The summed E-state index contributed by atoms with van der Waals surface area (Å²) in [5.41, 5.74) is 1.41. The highest BCUT2D eigenvalue weighted by Gasteiger charge is 2.45. The van der Waals surface area contributed by atoms with Crippen LogP contribution < -0.4 is 19.5 Å². The van der Waals surface area contributed by atoms with Gasteiger partial charge in [0.25, 0.3) is 5.91 Å². The van der Waals surface area contributed by atoms with E-state index in [4.69, 9.17) is 14.2 Å². The second-order valence-corrected chi connectivity index (χ2v) is 9.00. The van der Waals surface area contributed by atoms with Gasteiger partial charge in [0.05, 0.1) is 21.3 Å². The molecule has 0 heterocycles. The van der Waals surface area contributed by atoms with E-state index in [1.807, 2.05) is 42.5 Å². The van der Waals surface area contributed by atoms with Crippen LogP contribution in [-0.2, 0) is 16.0 Å². The molecule has 0 aromatic heterocycles. The first-order valence-corrected chi connectivity index (χ1v) is 11.6. The molecule has 35 heavy (non-hydrogen) atoms. The van der Waals surface area contributed by atoms with Crippen molar-refractivity contribution in [1.82, 2.24) is 5.32 Å². The molecule has 184 valence electrons. The van der Waals surface area contributed by atoms with Crippen molar-refractivity contribution in [3.8, 4) is 28.4 Å². The molecule has 1 aliphatic rings. The largest absolute Gasteiger partial charge is 0.493 e. The molecule has 1 aliphatic carbocycles. The van der Waals surface area contributed by atoms with Crippen molar-refractivity contribution in [2.45, 2.75) is 31.3 Å². The molecule has 4 rings (SSSR count). The number of ether oxygens (including phenoxy) is 3. The van der Waals surface area contributed by atoms with Crippen molar-refractivity contribution in [2.24, 2.45) is 5.92 Å². The standard InChI is InChI=1S/C28H31NO6/c1-29-27(31)28(32)10-9-21(16-28)23(30)12-17-5-6-19-13-20(8-7-18(19)11-17)22-14-24(33-2)26(35-4)25(15-22)34-3/h5-8,11,13-15,21,32H,9-10,12,16H2,1-4H3,(H,29,31). The number of rotatable bonds is 8. The Kier molecular flexibility index (Phi) is 6.98. The zero-order chi connectivity index (χ0) is 25.2. The lowest BCUT2D eigenvalue weighted by Gasteiger charge is -2.20. The number of aliphatic hydroxyl groups is 1. The zero-order valence-electron chi connectivity index (χ0n) is 20.5. The van der Waals surface area contributed by atoms with E-state index in [9.17, 15) is 14.7 Å². The first-order chi connectivity index (χ1) is 16.8. The third kappa shape index (κ3) is 4.82. The van der Waals surface area contributed by atoms with Gasteiger partial charge in [0, 0.05) is 19.4 Å². The SMILES string of the molecule is CNC(=O)C1(O)CCC(C(=O)Cc2ccc3cc(-c4cc(OC)c(OC)c(OC)c4)ccc3c2)C1. The lowest BCUT2D eigenvalue weighted by atomic mass is 9.92. The summed E-state index contributed by atoms with van der Waals surface area (Å²) in [6.07, 6.45) is 1.29. The van der Waals surface area contributed by atoms with Crippen molar-refractivity contribution >= 4 is 22.5 Å². The highest BCUT2D eigenvalue weighted by Crippen LogP contribution is 2.41. The van der Waals surface area contributed by atoms with Gasteiger partial charge in [-0.3, -0.25) is 9.59 Å². The van der Waals surface area contributed by atoms with Crippen LogP contribution in [0.4, 0.5) is 0 Å².